The number of aliphatic hydroxyl groups excluding tert-OH is 1. The Morgan fingerprint density at radius 1 is 1.08 bits per heavy atom. The van der Waals surface area contributed by atoms with Gasteiger partial charge in [-0.1, -0.05) is 6.07 Å². The van der Waals surface area contributed by atoms with Crippen LogP contribution in [-0.4, -0.2) is 24.9 Å². The van der Waals surface area contributed by atoms with E-state index in [-0.39, 0.29) is 18.2 Å². The summed E-state index contributed by atoms with van der Waals surface area (Å²) in [5.74, 6) is 0.186. The maximum atomic E-state index is 13.7. The predicted octanol–water partition coefficient (Wildman–Crippen LogP) is 3.12. The van der Waals surface area contributed by atoms with Crippen LogP contribution < -0.4 is 14.8 Å². The van der Waals surface area contributed by atoms with E-state index < -0.39 is 17.7 Å². The Labute approximate surface area is 139 Å². The van der Waals surface area contributed by atoms with E-state index in [0.29, 0.717) is 24.7 Å². The first-order valence-corrected chi connectivity index (χ1v) is 7.80. The smallest absolute Gasteiger partial charge is 0.161 e. The van der Waals surface area contributed by atoms with Crippen LogP contribution >= 0.6 is 0 Å². The first-order chi connectivity index (χ1) is 11.5. The van der Waals surface area contributed by atoms with Crippen LogP contribution in [0.15, 0.2) is 36.4 Å². The Hall–Kier alpha value is -2.18. The molecular weight excluding hydrogens is 316 g/mol. The van der Waals surface area contributed by atoms with E-state index in [1.54, 1.807) is 0 Å². The fourth-order valence-electron chi connectivity index (χ4n) is 2.62. The number of rotatable bonds is 5. The summed E-state index contributed by atoms with van der Waals surface area (Å²) in [5.41, 5.74) is 0.892. The lowest BCUT2D eigenvalue weighted by molar-refractivity contribution is 0.165. The highest BCUT2D eigenvalue weighted by Crippen LogP contribution is 2.32. The van der Waals surface area contributed by atoms with Crippen LogP contribution in [0, 0.1) is 11.6 Å². The average molecular weight is 335 g/mol. The summed E-state index contributed by atoms with van der Waals surface area (Å²) in [7, 11) is 0. The van der Waals surface area contributed by atoms with Crippen molar-refractivity contribution in [3.63, 3.8) is 0 Å². The van der Waals surface area contributed by atoms with Crippen molar-refractivity contribution in [3.8, 4) is 11.5 Å². The van der Waals surface area contributed by atoms with Crippen molar-refractivity contribution in [2.45, 2.75) is 19.1 Å². The van der Waals surface area contributed by atoms with Gasteiger partial charge in [-0.3, -0.25) is 0 Å². The summed E-state index contributed by atoms with van der Waals surface area (Å²) in [5, 5.41) is 13.2. The minimum absolute atomic E-state index is 0.0584. The highest BCUT2D eigenvalue weighted by Gasteiger charge is 2.17. The summed E-state index contributed by atoms with van der Waals surface area (Å²) in [6.45, 7) is 3.05. The molecule has 2 aromatic carbocycles. The molecule has 0 saturated heterocycles. The van der Waals surface area contributed by atoms with Gasteiger partial charge in [0.05, 0.1) is 6.10 Å². The van der Waals surface area contributed by atoms with Crippen LogP contribution in [0.4, 0.5) is 8.78 Å². The van der Waals surface area contributed by atoms with E-state index in [1.807, 2.05) is 25.1 Å². The Bertz CT molecular complexity index is 723. The molecule has 3 rings (SSSR count). The van der Waals surface area contributed by atoms with Gasteiger partial charge in [-0.05, 0) is 42.8 Å². The fourth-order valence-corrected chi connectivity index (χ4v) is 2.62. The molecule has 6 heteroatoms. The van der Waals surface area contributed by atoms with Crippen molar-refractivity contribution in [1.82, 2.24) is 5.32 Å². The normalized spacial score (nSPS) is 15.8. The first-order valence-electron chi connectivity index (χ1n) is 7.80. The summed E-state index contributed by atoms with van der Waals surface area (Å²) in [6, 6.07) is 8.56. The van der Waals surface area contributed by atoms with Gasteiger partial charge in [0.2, 0.25) is 0 Å². The third-order valence-electron chi connectivity index (χ3n) is 4.00. The lowest BCUT2D eigenvalue weighted by atomic mass is 10.1. The molecule has 2 aromatic rings. The first kappa shape index (κ1) is 16.7. The molecule has 1 aliphatic rings. The molecule has 2 unspecified atom stereocenters. The van der Waals surface area contributed by atoms with Crippen molar-refractivity contribution in [2.24, 2.45) is 0 Å². The van der Waals surface area contributed by atoms with Crippen LogP contribution in [0.25, 0.3) is 0 Å². The topological polar surface area (TPSA) is 50.7 Å². The third kappa shape index (κ3) is 3.66. The summed E-state index contributed by atoms with van der Waals surface area (Å²) in [6.07, 6.45) is -1.14. The lowest BCUT2D eigenvalue weighted by Crippen LogP contribution is -2.25. The zero-order chi connectivity index (χ0) is 17.1. The number of hydrogen-bond acceptors (Lipinski definition) is 4. The van der Waals surface area contributed by atoms with Crippen LogP contribution in [0.2, 0.25) is 0 Å². The Morgan fingerprint density at radius 2 is 1.83 bits per heavy atom. The SMILES string of the molecule is CC(NCC(O)c1cc(F)ccc1F)c1ccc2c(c1)OCCO2. The second-order valence-electron chi connectivity index (χ2n) is 5.71. The zero-order valence-electron chi connectivity index (χ0n) is 13.3. The van der Waals surface area contributed by atoms with Crippen LogP contribution in [0.1, 0.15) is 30.2 Å². The third-order valence-corrected chi connectivity index (χ3v) is 4.00. The quantitative estimate of drug-likeness (QED) is 0.881. The van der Waals surface area contributed by atoms with Gasteiger partial charge in [0.1, 0.15) is 24.8 Å². The second kappa shape index (κ2) is 7.15. The van der Waals surface area contributed by atoms with Gasteiger partial charge in [0, 0.05) is 18.2 Å². The number of fused-ring (bicyclic) bond motifs is 1. The molecule has 0 fully saturated rings. The zero-order valence-corrected chi connectivity index (χ0v) is 13.3. The highest BCUT2D eigenvalue weighted by atomic mass is 19.1. The average Bonchev–Trinajstić information content (AvgIpc) is 2.61. The number of benzene rings is 2. The Balaban J connectivity index is 1.64. The van der Waals surface area contributed by atoms with Gasteiger partial charge < -0.3 is 19.9 Å². The standard InChI is InChI=1S/C18H19F2NO3/c1-11(12-2-5-17-18(8-12)24-7-6-23-17)21-10-16(22)14-9-13(19)3-4-15(14)20/h2-5,8-9,11,16,21-22H,6-7,10H2,1H3. The predicted molar refractivity (Wildman–Crippen MR) is 85.2 cm³/mol. The molecule has 1 aliphatic heterocycles. The summed E-state index contributed by atoms with van der Waals surface area (Å²) < 4.78 is 37.9. The van der Waals surface area contributed by atoms with E-state index in [1.165, 1.54) is 0 Å². The van der Waals surface area contributed by atoms with Crippen LogP contribution in [0.5, 0.6) is 11.5 Å². The molecule has 0 radical (unpaired) electrons. The van der Waals surface area contributed by atoms with Crippen LogP contribution in [0.3, 0.4) is 0 Å². The van der Waals surface area contributed by atoms with Crippen molar-refractivity contribution in [1.29, 1.82) is 0 Å². The van der Waals surface area contributed by atoms with Gasteiger partial charge in [0.15, 0.2) is 11.5 Å². The molecule has 0 aliphatic carbocycles. The molecular formula is C18H19F2NO3. The summed E-state index contributed by atoms with van der Waals surface area (Å²) in [4.78, 5) is 0. The van der Waals surface area contributed by atoms with Gasteiger partial charge in [-0.25, -0.2) is 8.78 Å². The molecule has 4 nitrogen and oxygen atoms in total. The molecule has 0 spiro atoms. The Morgan fingerprint density at radius 3 is 2.62 bits per heavy atom. The Kier molecular flexibility index (Phi) is 4.97. The molecule has 1 heterocycles. The number of ether oxygens (including phenoxy) is 2. The lowest BCUT2D eigenvalue weighted by Gasteiger charge is -2.22. The van der Waals surface area contributed by atoms with E-state index in [9.17, 15) is 13.9 Å². The van der Waals surface area contributed by atoms with E-state index in [4.69, 9.17) is 9.47 Å². The molecule has 2 N–H and O–H groups in total. The monoisotopic (exact) mass is 335 g/mol. The van der Waals surface area contributed by atoms with Gasteiger partial charge in [0.25, 0.3) is 0 Å². The van der Waals surface area contributed by atoms with Crippen molar-refractivity contribution >= 4 is 0 Å². The van der Waals surface area contributed by atoms with Crippen molar-refractivity contribution < 1.29 is 23.4 Å². The van der Waals surface area contributed by atoms with Crippen LogP contribution in [-0.2, 0) is 0 Å². The molecule has 128 valence electrons. The second-order valence-corrected chi connectivity index (χ2v) is 5.71. The molecule has 2 atom stereocenters. The molecule has 24 heavy (non-hydrogen) atoms. The highest BCUT2D eigenvalue weighted by molar-refractivity contribution is 5.44. The van der Waals surface area contributed by atoms with Gasteiger partial charge >= 0.3 is 0 Å². The largest absolute Gasteiger partial charge is 0.486 e. The maximum Gasteiger partial charge on any atom is 0.161 e. The van der Waals surface area contributed by atoms with Gasteiger partial charge in [-0.15, -0.1) is 0 Å². The van der Waals surface area contributed by atoms with E-state index >= 15 is 0 Å². The minimum atomic E-state index is -1.14. The fraction of sp³-hybridized carbons (Fsp3) is 0.333. The van der Waals surface area contributed by atoms with Crippen molar-refractivity contribution in [2.75, 3.05) is 19.8 Å². The maximum absolute atomic E-state index is 13.7. The number of halogens is 2. The summed E-state index contributed by atoms with van der Waals surface area (Å²) >= 11 is 0. The number of nitrogens with one attached hydrogen (secondary N) is 1. The number of aliphatic hydroxyl groups is 1. The molecule has 0 aromatic heterocycles. The molecule has 0 bridgehead atoms. The van der Waals surface area contributed by atoms with Gasteiger partial charge in [-0.2, -0.15) is 0 Å². The molecule has 0 saturated carbocycles. The number of hydrogen-bond donors (Lipinski definition) is 2. The van der Waals surface area contributed by atoms with E-state index in [0.717, 1.165) is 23.8 Å². The molecule has 0 amide bonds. The van der Waals surface area contributed by atoms with Crippen molar-refractivity contribution in [3.05, 3.63) is 59.2 Å². The van der Waals surface area contributed by atoms with E-state index in [2.05, 4.69) is 5.32 Å². The minimum Gasteiger partial charge on any atom is -0.486 e.